The van der Waals surface area contributed by atoms with Crippen LogP contribution < -0.4 is 0 Å². The van der Waals surface area contributed by atoms with Gasteiger partial charge in [0.2, 0.25) is 0 Å². The molecule has 0 bridgehead atoms. The number of rotatable bonds is 3. The summed E-state index contributed by atoms with van der Waals surface area (Å²) in [4.78, 5) is 0. The Kier molecular flexibility index (Phi) is 3.66. The Hall–Kier alpha value is -1.03. The average Bonchev–Trinajstić information content (AvgIpc) is 2.21. The first-order chi connectivity index (χ1) is 8.38. The molecule has 1 aromatic rings. The van der Waals surface area contributed by atoms with Crippen molar-refractivity contribution >= 4 is 0 Å². The molecule has 1 saturated carbocycles. The van der Waals surface area contributed by atoms with Gasteiger partial charge in [-0.1, -0.05) is 25.3 Å². The lowest BCUT2D eigenvalue weighted by Crippen LogP contribution is -2.15. The molecule has 0 heterocycles. The van der Waals surface area contributed by atoms with E-state index in [1.807, 2.05) is 0 Å². The number of hydrogen-bond donors (Lipinski definition) is 1. The van der Waals surface area contributed by atoms with Crippen molar-refractivity contribution in [2.24, 2.45) is 5.92 Å². The highest BCUT2D eigenvalue weighted by atomic mass is 19.4. The highest BCUT2D eigenvalue weighted by molar-refractivity contribution is 5.34. The third-order valence-electron chi connectivity index (χ3n) is 3.74. The first kappa shape index (κ1) is 13.4. The number of aryl methyl sites for hydroxylation is 1. The first-order valence-electron chi connectivity index (χ1n) is 6.23. The van der Waals surface area contributed by atoms with Gasteiger partial charge < -0.3 is 5.11 Å². The molecule has 1 atom stereocenters. The van der Waals surface area contributed by atoms with Gasteiger partial charge in [0.1, 0.15) is 0 Å². The Balaban J connectivity index is 2.13. The standard InChI is InChI=1S/C14H17F3O/c1-9-7-11(14(15,16)17)5-6-12(9)13(18)8-10-3-2-4-10/h5-7,10,13,18H,2-4,8H2,1H3. The van der Waals surface area contributed by atoms with Crippen LogP contribution >= 0.6 is 0 Å². The lowest BCUT2D eigenvalue weighted by Gasteiger charge is -2.28. The van der Waals surface area contributed by atoms with Crippen molar-refractivity contribution in [1.29, 1.82) is 0 Å². The van der Waals surface area contributed by atoms with E-state index in [9.17, 15) is 18.3 Å². The van der Waals surface area contributed by atoms with Crippen LogP contribution in [-0.2, 0) is 6.18 Å². The summed E-state index contributed by atoms with van der Waals surface area (Å²) in [7, 11) is 0. The monoisotopic (exact) mass is 258 g/mol. The second-order valence-electron chi connectivity index (χ2n) is 5.12. The van der Waals surface area contributed by atoms with Crippen molar-refractivity contribution in [1.82, 2.24) is 0 Å². The fraction of sp³-hybridized carbons (Fsp3) is 0.571. The maximum atomic E-state index is 12.5. The SMILES string of the molecule is Cc1cc(C(F)(F)F)ccc1C(O)CC1CCC1. The van der Waals surface area contributed by atoms with E-state index in [0.29, 0.717) is 23.5 Å². The Morgan fingerprint density at radius 2 is 2.00 bits per heavy atom. The summed E-state index contributed by atoms with van der Waals surface area (Å²) < 4.78 is 37.5. The Bertz CT molecular complexity index is 422. The van der Waals surface area contributed by atoms with Crippen LogP contribution in [0.4, 0.5) is 13.2 Å². The van der Waals surface area contributed by atoms with Crippen LogP contribution in [0.25, 0.3) is 0 Å². The zero-order valence-electron chi connectivity index (χ0n) is 10.3. The molecule has 1 aliphatic rings. The molecule has 0 aromatic heterocycles. The molecular weight excluding hydrogens is 241 g/mol. The predicted octanol–water partition coefficient (Wildman–Crippen LogP) is 4.24. The third kappa shape index (κ3) is 2.86. The maximum Gasteiger partial charge on any atom is 0.416 e. The fourth-order valence-electron chi connectivity index (χ4n) is 2.40. The summed E-state index contributed by atoms with van der Waals surface area (Å²) >= 11 is 0. The van der Waals surface area contributed by atoms with Gasteiger partial charge >= 0.3 is 6.18 Å². The van der Waals surface area contributed by atoms with Crippen LogP contribution in [0.5, 0.6) is 0 Å². The third-order valence-corrected chi connectivity index (χ3v) is 3.74. The Labute approximate surface area is 105 Å². The molecule has 1 aliphatic carbocycles. The minimum absolute atomic E-state index is 0.511. The number of hydrogen-bond acceptors (Lipinski definition) is 1. The molecule has 1 unspecified atom stereocenters. The molecule has 0 amide bonds. The summed E-state index contributed by atoms with van der Waals surface area (Å²) in [5, 5.41) is 10.0. The van der Waals surface area contributed by atoms with Gasteiger partial charge in [0.25, 0.3) is 0 Å². The number of benzene rings is 1. The summed E-state index contributed by atoms with van der Waals surface area (Å²) in [5.74, 6) is 0.529. The van der Waals surface area contributed by atoms with Gasteiger partial charge in [-0.15, -0.1) is 0 Å². The van der Waals surface area contributed by atoms with E-state index in [4.69, 9.17) is 0 Å². The molecule has 1 nitrogen and oxygen atoms in total. The lowest BCUT2D eigenvalue weighted by atomic mass is 9.80. The van der Waals surface area contributed by atoms with Crippen molar-refractivity contribution in [3.8, 4) is 0 Å². The van der Waals surface area contributed by atoms with Crippen LogP contribution in [0.15, 0.2) is 18.2 Å². The number of aliphatic hydroxyl groups excluding tert-OH is 1. The minimum atomic E-state index is -4.32. The molecule has 0 saturated heterocycles. The zero-order valence-corrected chi connectivity index (χ0v) is 10.3. The van der Waals surface area contributed by atoms with Crippen molar-refractivity contribution in [2.45, 2.75) is 44.9 Å². The van der Waals surface area contributed by atoms with E-state index in [0.717, 1.165) is 25.0 Å². The molecule has 2 rings (SSSR count). The van der Waals surface area contributed by atoms with Crippen molar-refractivity contribution in [3.05, 3.63) is 34.9 Å². The topological polar surface area (TPSA) is 20.2 Å². The summed E-state index contributed by atoms with van der Waals surface area (Å²) in [6.45, 7) is 1.62. The van der Waals surface area contributed by atoms with E-state index in [1.165, 1.54) is 12.5 Å². The van der Waals surface area contributed by atoms with E-state index in [-0.39, 0.29) is 0 Å². The van der Waals surface area contributed by atoms with E-state index < -0.39 is 17.8 Å². The van der Waals surface area contributed by atoms with Crippen molar-refractivity contribution in [2.75, 3.05) is 0 Å². The highest BCUT2D eigenvalue weighted by Gasteiger charge is 2.31. The Morgan fingerprint density at radius 3 is 2.44 bits per heavy atom. The molecule has 0 aliphatic heterocycles. The van der Waals surface area contributed by atoms with Gasteiger partial charge in [0.05, 0.1) is 11.7 Å². The van der Waals surface area contributed by atoms with Gasteiger partial charge in [0, 0.05) is 0 Å². The van der Waals surface area contributed by atoms with Crippen molar-refractivity contribution in [3.63, 3.8) is 0 Å². The number of alkyl halides is 3. The zero-order chi connectivity index (χ0) is 13.3. The Morgan fingerprint density at radius 1 is 1.33 bits per heavy atom. The van der Waals surface area contributed by atoms with Gasteiger partial charge in [-0.2, -0.15) is 13.2 Å². The fourth-order valence-corrected chi connectivity index (χ4v) is 2.40. The molecule has 1 fully saturated rings. The van der Waals surface area contributed by atoms with Gasteiger partial charge in [-0.25, -0.2) is 0 Å². The summed E-state index contributed by atoms with van der Waals surface area (Å²) in [6, 6.07) is 3.56. The molecule has 1 aromatic carbocycles. The number of aliphatic hydroxyl groups is 1. The first-order valence-corrected chi connectivity index (χ1v) is 6.23. The smallest absolute Gasteiger partial charge is 0.388 e. The lowest BCUT2D eigenvalue weighted by molar-refractivity contribution is -0.137. The van der Waals surface area contributed by atoms with Gasteiger partial charge in [0.15, 0.2) is 0 Å². The normalized spacial score (nSPS) is 18.5. The quantitative estimate of drug-likeness (QED) is 0.859. The van der Waals surface area contributed by atoms with E-state index in [2.05, 4.69) is 0 Å². The molecule has 0 spiro atoms. The van der Waals surface area contributed by atoms with Crippen molar-refractivity contribution < 1.29 is 18.3 Å². The van der Waals surface area contributed by atoms with Crippen LogP contribution in [0.2, 0.25) is 0 Å². The van der Waals surface area contributed by atoms with Crippen LogP contribution in [0, 0.1) is 12.8 Å². The molecule has 100 valence electrons. The van der Waals surface area contributed by atoms with E-state index >= 15 is 0 Å². The molecule has 1 N–H and O–H groups in total. The van der Waals surface area contributed by atoms with Gasteiger partial charge in [-0.05, 0) is 42.5 Å². The average molecular weight is 258 g/mol. The summed E-state index contributed by atoms with van der Waals surface area (Å²) in [6.07, 6.45) is -0.858. The van der Waals surface area contributed by atoms with Crippen LogP contribution in [0.1, 0.15) is 48.5 Å². The van der Waals surface area contributed by atoms with Gasteiger partial charge in [-0.3, -0.25) is 0 Å². The maximum absolute atomic E-state index is 12.5. The number of halogens is 3. The largest absolute Gasteiger partial charge is 0.416 e. The second kappa shape index (κ2) is 4.92. The second-order valence-corrected chi connectivity index (χ2v) is 5.12. The minimum Gasteiger partial charge on any atom is -0.388 e. The predicted molar refractivity (Wildman–Crippen MR) is 63.1 cm³/mol. The molecule has 18 heavy (non-hydrogen) atoms. The molecular formula is C14H17F3O. The van der Waals surface area contributed by atoms with E-state index in [1.54, 1.807) is 6.92 Å². The summed E-state index contributed by atoms with van der Waals surface area (Å²) in [5.41, 5.74) is 0.478. The highest BCUT2D eigenvalue weighted by Crippen LogP contribution is 2.37. The van der Waals surface area contributed by atoms with Crippen LogP contribution in [-0.4, -0.2) is 5.11 Å². The molecule has 4 heteroatoms. The molecule has 0 radical (unpaired) electrons. The van der Waals surface area contributed by atoms with Crippen LogP contribution in [0.3, 0.4) is 0 Å².